The van der Waals surface area contributed by atoms with Gasteiger partial charge in [0.1, 0.15) is 5.75 Å². The maximum Gasteiger partial charge on any atom is 0.338 e. The van der Waals surface area contributed by atoms with E-state index in [1.807, 2.05) is 0 Å². The van der Waals surface area contributed by atoms with Crippen molar-refractivity contribution in [1.29, 1.82) is 0 Å². The van der Waals surface area contributed by atoms with Crippen LogP contribution < -0.4 is 9.64 Å². The quantitative estimate of drug-likeness (QED) is 0.172. The molecule has 0 saturated carbocycles. The molecule has 0 bridgehead atoms. The van der Waals surface area contributed by atoms with Gasteiger partial charge in [-0.05, 0) is 42.5 Å². The number of carbonyl (C=O) groups is 4. The van der Waals surface area contributed by atoms with Gasteiger partial charge in [-0.25, -0.2) is 9.69 Å². The molecule has 0 aromatic heterocycles. The Kier molecular flexibility index (Phi) is 5.88. The molecule has 0 N–H and O–H groups in total. The number of carbonyl (C=O) groups excluding carboxylic acids is 4. The molecule has 2 amide bonds. The van der Waals surface area contributed by atoms with Gasteiger partial charge in [0, 0.05) is 17.7 Å². The molecule has 0 unspecified atom stereocenters. The van der Waals surface area contributed by atoms with Gasteiger partial charge in [0.25, 0.3) is 17.5 Å². The van der Waals surface area contributed by atoms with Crippen LogP contribution in [0.4, 0.5) is 11.4 Å². The Labute approximate surface area is 192 Å². The second kappa shape index (κ2) is 8.94. The number of non-ortho nitro benzene ring substituents is 1. The van der Waals surface area contributed by atoms with Gasteiger partial charge in [-0.2, -0.15) is 0 Å². The smallest absolute Gasteiger partial charge is 0.338 e. The molecule has 3 aromatic rings. The molecule has 0 saturated heterocycles. The van der Waals surface area contributed by atoms with Crippen LogP contribution in [-0.4, -0.2) is 42.2 Å². The Morgan fingerprint density at radius 2 is 1.56 bits per heavy atom. The third kappa shape index (κ3) is 3.99. The molecule has 4 rings (SSSR count). The van der Waals surface area contributed by atoms with E-state index in [1.165, 1.54) is 49.6 Å². The van der Waals surface area contributed by atoms with Gasteiger partial charge in [0.05, 0.1) is 34.4 Å². The number of fused-ring (bicyclic) bond motifs is 1. The summed E-state index contributed by atoms with van der Waals surface area (Å²) < 4.78 is 10.3. The van der Waals surface area contributed by atoms with Crippen LogP contribution in [0.1, 0.15) is 41.4 Å². The highest BCUT2D eigenvalue weighted by Gasteiger charge is 2.38. The highest BCUT2D eigenvalue weighted by Crippen LogP contribution is 2.35. The fraction of sp³-hybridized carbons (Fsp3) is 0.0833. The largest absolute Gasteiger partial charge is 0.495 e. The molecule has 10 heteroatoms. The highest BCUT2D eigenvalue weighted by atomic mass is 16.6. The first-order chi connectivity index (χ1) is 16.3. The minimum absolute atomic E-state index is 0.0155. The van der Waals surface area contributed by atoms with Crippen LogP contribution in [0.15, 0.2) is 66.7 Å². The molecular weight excluding hydrogens is 444 g/mol. The number of nitro benzene ring substituents is 1. The van der Waals surface area contributed by atoms with Gasteiger partial charge in [0.15, 0.2) is 12.4 Å². The summed E-state index contributed by atoms with van der Waals surface area (Å²) in [4.78, 5) is 61.6. The number of amides is 2. The van der Waals surface area contributed by atoms with Crippen molar-refractivity contribution in [2.45, 2.75) is 0 Å². The molecule has 0 fully saturated rings. The second-order valence-corrected chi connectivity index (χ2v) is 7.18. The Morgan fingerprint density at radius 1 is 0.912 bits per heavy atom. The summed E-state index contributed by atoms with van der Waals surface area (Å²) in [5.41, 5.74) is 0.363. The maximum absolute atomic E-state index is 13.0. The summed E-state index contributed by atoms with van der Waals surface area (Å²) in [6, 6.07) is 15.3. The van der Waals surface area contributed by atoms with E-state index in [1.54, 1.807) is 24.3 Å². The fourth-order valence-corrected chi connectivity index (χ4v) is 3.47. The number of ketones is 1. The van der Waals surface area contributed by atoms with Crippen molar-refractivity contribution in [2.24, 2.45) is 0 Å². The lowest BCUT2D eigenvalue weighted by Gasteiger charge is -2.16. The summed E-state index contributed by atoms with van der Waals surface area (Å²) in [5.74, 6) is -2.27. The first kappa shape index (κ1) is 22.3. The number of rotatable bonds is 7. The second-order valence-electron chi connectivity index (χ2n) is 7.18. The zero-order valence-corrected chi connectivity index (χ0v) is 17.7. The minimum atomic E-state index is -0.867. The van der Waals surface area contributed by atoms with Crippen LogP contribution in [0.5, 0.6) is 5.75 Å². The number of Topliss-reactive ketones (excluding diaryl/α,β-unsaturated/α-hetero) is 1. The van der Waals surface area contributed by atoms with Crippen molar-refractivity contribution in [3.63, 3.8) is 0 Å². The van der Waals surface area contributed by atoms with Crippen molar-refractivity contribution in [2.75, 3.05) is 18.6 Å². The molecule has 170 valence electrons. The molecule has 0 aliphatic carbocycles. The van der Waals surface area contributed by atoms with Crippen LogP contribution in [0, 0.1) is 10.1 Å². The van der Waals surface area contributed by atoms with E-state index >= 15 is 0 Å². The van der Waals surface area contributed by atoms with Gasteiger partial charge < -0.3 is 9.47 Å². The van der Waals surface area contributed by atoms with Crippen LogP contribution in [0.25, 0.3) is 0 Å². The number of hydrogen-bond donors (Lipinski definition) is 0. The molecule has 3 aromatic carbocycles. The number of hydrogen-bond acceptors (Lipinski definition) is 8. The van der Waals surface area contributed by atoms with E-state index in [2.05, 4.69) is 0 Å². The molecule has 10 nitrogen and oxygen atoms in total. The van der Waals surface area contributed by atoms with Crippen molar-refractivity contribution >= 4 is 34.9 Å². The van der Waals surface area contributed by atoms with Crippen molar-refractivity contribution < 1.29 is 33.6 Å². The van der Waals surface area contributed by atoms with Gasteiger partial charge in [-0.3, -0.25) is 24.5 Å². The SMILES string of the molecule is COc1ccccc1N1C(=O)c2ccc(C(=O)OCC(=O)c3ccc([N+](=O)[O-])cc3)cc2C1=O. The van der Waals surface area contributed by atoms with Gasteiger partial charge in [-0.15, -0.1) is 0 Å². The number of nitrogens with zero attached hydrogens (tertiary/aromatic N) is 2. The van der Waals surface area contributed by atoms with Crippen molar-refractivity contribution in [3.05, 3.63) is 99.1 Å². The molecule has 1 heterocycles. The Hall–Kier alpha value is -4.86. The lowest BCUT2D eigenvalue weighted by molar-refractivity contribution is -0.384. The number of esters is 1. The Bertz CT molecular complexity index is 1350. The lowest BCUT2D eigenvalue weighted by atomic mass is 10.1. The molecule has 1 aliphatic heterocycles. The van der Waals surface area contributed by atoms with Crippen LogP contribution in [-0.2, 0) is 4.74 Å². The Morgan fingerprint density at radius 3 is 2.24 bits per heavy atom. The molecule has 1 aliphatic rings. The van der Waals surface area contributed by atoms with Crippen LogP contribution >= 0.6 is 0 Å². The number of methoxy groups -OCH3 is 1. The number of imide groups is 1. The number of anilines is 1. The summed E-state index contributed by atoms with van der Waals surface area (Å²) >= 11 is 0. The third-order valence-corrected chi connectivity index (χ3v) is 5.18. The summed E-state index contributed by atoms with van der Waals surface area (Å²) in [6.07, 6.45) is 0. The lowest BCUT2D eigenvalue weighted by Crippen LogP contribution is -2.29. The van der Waals surface area contributed by atoms with Crippen molar-refractivity contribution in [1.82, 2.24) is 0 Å². The summed E-state index contributed by atoms with van der Waals surface area (Å²) in [7, 11) is 1.42. The van der Waals surface area contributed by atoms with E-state index in [-0.39, 0.29) is 33.6 Å². The fourth-order valence-electron chi connectivity index (χ4n) is 3.47. The van der Waals surface area contributed by atoms with Gasteiger partial charge in [0.2, 0.25) is 0 Å². The molecule has 0 atom stereocenters. The van der Waals surface area contributed by atoms with E-state index in [0.717, 1.165) is 4.90 Å². The predicted molar refractivity (Wildman–Crippen MR) is 118 cm³/mol. The molecule has 0 radical (unpaired) electrons. The average molecular weight is 460 g/mol. The highest BCUT2D eigenvalue weighted by molar-refractivity contribution is 6.35. The average Bonchev–Trinajstić information content (AvgIpc) is 3.11. The summed E-state index contributed by atoms with van der Waals surface area (Å²) in [6.45, 7) is -0.603. The minimum Gasteiger partial charge on any atom is -0.495 e. The van der Waals surface area contributed by atoms with Gasteiger partial charge in [-0.1, -0.05) is 12.1 Å². The van der Waals surface area contributed by atoms with Gasteiger partial charge >= 0.3 is 5.97 Å². The van der Waals surface area contributed by atoms with E-state index in [0.29, 0.717) is 5.75 Å². The van der Waals surface area contributed by atoms with E-state index in [9.17, 15) is 29.3 Å². The molecule has 0 spiro atoms. The van der Waals surface area contributed by atoms with E-state index in [4.69, 9.17) is 9.47 Å². The zero-order chi connectivity index (χ0) is 24.4. The monoisotopic (exact) mass is 460 g/mol. The standard InChI is InChI=1S/C24H16N2O8/c1-33-21-5-3-2-4-19(21)25-22(28)17-11-8-15(12-18(17)23(25)29)24(30)34-13-20(27)14-6-9-16(10-7-14)26(31)32/h2-12H,13H2,1H3. The van der Waals surface area contributed by atoms with Crippen LogP contribution in [0.3, 0.4) is 0 Å². The molecular formula is C24H16N2O8. The first-order valence-electron chi connectivity index (χ1n) is 9.92. The number of benzene rings is 3. The van der Waals surface area contributed by atoms with E-state index < -0.39 is 35.1 Å². The zero-order valence-electron chi connectivity index (χ0n) is 17.7. The predicted octanol–water partition coefficient (Wildman–Crippen LogP) is 3.44. The van der Waals surface area contributed by atoms with Crippen LogP contribution in [0.2, 0.25) is 0 Å². The summed E-state index contributed by atoms with van der Waals surface area (Å²) in [5, 5.41) is 10.7. The number of ether oxygens (including phenoxy) is 2. The Balaban J connectivity index is 1.49. The number of para-hydroxylation sites is 2. The van der Waals surface area contributed by atoms with Crippen molar-refractivity contribution in [3.8, 4) is 5.75 Å². The first-order valence-corrected chi connectivity index (χ1v) is 9.92. The normalized spacial score (nSPS) is 12.3. The third-order valence-electron chi connectivity index (χ3n) is 5.18. The maximum atomic E-state index is 13.0. The number of nitro groups is 1. The topological polar surface area (TPSA) is 133 Å². The molecule has 34 heavy (non-hydrogen) atoms.